The first kappa shape index (κ1) is 29.1. The number of hydrogen-bond donors (Lipinski definition) is 3. The molecule has 3 atom stereocenters. The molecule has 0 spiro atoms. The first-order valence-corrected chi connectivity index (χ1v) is 14.9. The van der Waals surface area contributed by atoms with Crippen molar-refractivity contribution in [2.45, 2.75) is 58.4 Å². The zero-order valence-electron chi connectivity index (χ0n) is 22.1. The molecule has 1 aliphatic carbocycles. The molecule has 2 aromatic rings. The number of nitrogens with one attached hydrogen (secondary N) is 3. The third-order valence-electron chi connectivity index (χ3n) is 7.06. The van der Waals surface area contributed by atoms with Gasteiger partial charge in [0.25, 0.3) is 5.91 Å². The van der Waals surface area contributed by atoms with Crippen molar-refractivity contribution in [2.75, 3.05) is 32.0 Å². The molecule has 3 N–H and O–H groups in total. The summed E-state index contributed by atoms with van der Waals surface area (Å²) in [6, 6.07) is 12.9. The van der Waals surface area contributed by atoms with Gasteiger partial charge in [0.15, 0.2) is 11.6 Å². The minimum absolute atomic E-state index is 0.0196. The highest BCUT2D eigenvalue weighted by Gasteiger charge is 2.26. The summed E-state index contributed by atoms with van der Waals surface area (Å²) in [5, 5.41) is 6.31. The van der Waals surface area contributed by atoms with Gasteiger partial charge in [-0.1, -0.05) is 18.2 Å². The van der Waals surface area contributed by atoms with E-state index < -0.39 is 10.0 Å². The molecule has 2 aromatic carbocycles. The van der Waals surface area contributed by atoms with E-state index in [1.807, 2.05) is 31.2 Å². The molecule has 7 nitrogen and oxygen atoms in total. The smallest absolute Gasteiger partial charge is 0.251 e. The van der Waals surface area contributed by atoms with Crippen molar-refractivity contribution < 1.29 is 22.3 Å². The summed E-state index contributed by atoms with van der Waals surface area (Å²) in [7, 11) is -3.25. The lowest BCUT2D eigenvalue weighted by Gasteiger charge is -2.18. The van der Waals surface area contributed by atoms with Crippen LogP contribution in [0.4, 0.5) is 4.39 Å². The zero-order valence-corrected chi connectivity index (χ0v) is 22.9. The first-order chi connectivity index (χ1) is 17.7. The van der Waals surface area contributed by atoms with Crippen LogP contribution in [0.25, 0.3) is 0 Å². The van der Waals surface area contributed by atoms with Crippen molar-refractivity contribution in [3.8, 4) is 5.75 Å². The molecule has 1 saturated carbocycles. The predicted molar refractivity (Wildman–Crippen MR) is 145 cm³/mol. The van der Waals surface area contributed by atoms with Crippen LogP contribution < -0.4 is 20.1 Å². The van der Waals surface area contributed by atoms with Gasteiger partial charge >= 0.3 is 0 Å². The minimum atomic E-state index is -3.25. The number of rotatable bonds is 14. The summed E-state index contributed by atoms with van der Waals surface area (Å²) >= 11 is 0. The molecule has 0 heterocycles. The Morgan fingerprint density at radius 3 is 2.54 bits per heavy atom. The molecule has 0 aromatic heterocycles. The van der Waals surface area contributed by atoms with Gasteiger partial charge in [-0.05, 0) is 100 Å². The SMILES string of the molecule is CCOc1cc(C(C)NCCC2CCC(c3ccc(C(=O)NCCNS(=O)(=O)CC)cc3)C2)ccc1F. The number of sulfonamides is 1. The molecule has 0 bridgehead atoms. The Morgan fingerprint density at radius 2 is 1.84 bits per heavy atom. The lowest BCUT2D eigenvalue weighted by atomic mass is 9.94. The van der Waals surface area contributed by atoms with Crippen LogP contribution in [0.3, 0.4) is 0 Å². The monoisotopic (exact) mass is 533 g/mol. The summed E-state index contributed by atoms with van der Waals surface area (Å²) in [5.74, 6) is 0.920. The van der Waals surface area contributed by atoms with E-state index in [2.05, 4.69) is 22.3 Å². The van der Waals surface area contributed by atoms with E-state index in [-0.39, 0.29) is 36.6 Å². The number of benzene rings is 2. The Labute approximate surface area is 220 Å². The van der Waals surface area contributed by atoms with E-state index in [0.717, 1.165) is 31.4 Å². The van der Waals surface area contributed by atoms with Gasteiger partial charge < -0.3 is 15.4 Å². The summed E-state index contributed by atoms with van der Waals surface area (Å²) in [4.78, 5) is 12.3. The van der Waals surface area contributed by atoms with Crippen molar-refractivity contribution in [1.82, 2.24) is 15.4 Å². The number of carbonyl (C=O) groups is 1. The van der Waals surface area contributed by atoms with E-state index in [4.69, 9.17) is 4.74 Å². The van der Waals surface area contributed by atoms with Crippen LogP contribution in [0, 0.1) is 11.7 Å². The van der Waals surface area contributed by atoms with Gasteiger partial charge in [0.1, 0.15) is 0 Å². The van der Waals surface area contributed by atoms with Crippen molar-refractivity contribution in [1.29, 1.82) is 0 Å². The molecule has 0 radical (unpaired) electrons. The van der Waals surface area contributed by atoms with E-state index in [9.17, 15) is 17.6 Å². The average molecular weight is 534 g/mol. The van der Waals surface area contributed by atoms with Gasteiger partial charge in [0.2, 0.25) is 10.0 Å². The molecule has 0 saturated heterocycles. The van der Waals surface area contributed by atoms with Crippen LogP contribution in [-0.4, -0.2) is 46.3 Å². The van der Waals surface area contributed by atoms with E-state index in [1.165, 1.54) is 18.1 Å². The summed E-state index contributed by atoms with van der Waals surface area (Å²) in [6.45, 7) is 7.25. The molecule has 3 rings (SSSR count). The topological polar surface area (TPSA) is 96.5 Å². The highest BCUT2D eigenvalue weighted by atomic mass is 32.2. The van der Waals surface area contributed by atoms with Gasteiger partial charge in [0.05, 0.1) is 12.4 Å². The number of ether oxygens (including phenoxy) is 1. The summed E-state index contributed by atoms with van der Waals surface area (Å²) in [5.41, 5.74) is 2.84. The zero-order chi connectivity index (χ0) is 26.8. The molecule has 3 unspecified atom stereocenters. The third kappa shape index (κ3) is 8.79. The maximum atomic E-state index is 13.8. The van der Waals surface area contributed by atoms with Crippen LogP contribution in [0.1, 0.15) is 79.9 Å². The molecular formula is C28H40FN3O4S. The van der Waals surface area contributed by atoms with Crippen LogP contribution in [0.15, 0.2) is 42.5 Å². The van der Waals surface area contributed by atoms with Crippen LogP contribution in [0.2, 0.25) is 0 Å². The van der Waals surface area contributed by atoms with Crippen molar-refractivity contribution in [2.24, 2.45) is 5.92 Å². The average Bonchev–Trinajstić information content (AvgIpc) is 3.37. The Kier molecular flexibility index (Phi) is 10.9. The van der Waals surface area contributed by atoms with E-state index >= 15 is 0 Å². The first-order valence-electron chi connectivity index (χ1n) is 13.2. The fourth-order valence-corrected chi connectivity index (χ4v) is 5.43. The second-order valence-electron chi connectivity index (χ2n) is 9.64. The normalized spacial score (nSPS) is 18.5. The van der Waals surface area contributed by atoms with Crippen molar-refractivity contribution in [3.63, 3.8) is 0 Å². The van der Waals surface area contributed by atoms with Crippen LogP contribution in [0.5, 0.6) is 5.75 Å². The second-order valence-corrected chi connectivity index (χ2v) is 11.7. The highest BCUT2D eigenvalue weighted by Crippen LogP contribution is 2.39. The lowest BCUT2D eigenvalue weighted by molar-refractivity contribution is 0.0954. The Bertz CT molecular complexity index is 1120. The number of carbonyl (C=O) groups excluding carboxylic acids is 1. The van der Waals surface area contributed by atoms with Gasteiger partial charge in [-0.25, -0.2) is 17.5 Å². The fraction of sp³-hybridized carbons (Fsp3) is 0.536. The largest absolute Gasteiger partial charge is 0.491 e. The van der Waals surface area contributed by atoms with Gasteiger partial charge in [-0.3, -0.25) is 4.79 Å². The predicted octanol–water partition coefficient (Wildman–Crippen LogP) is 4.52. The maximum Gasteiger partial charge on any atom is 0.251 e. The number of halogens is 1. The van der Waals surface area contributed by atoms with Crippen molar-refractivity contribution >= 4 is 15.9 Å². The Balaban J connectivity index is 1.40. The Hall–Kier alpha value is -2.49. The highest BCUT2D eigenvalue weighted by molar-refractivity contribution is 7.89. The molecule has 1 aliphatic rings. The molecule has 9 heteroatoms. The molecule has 0 aliphatic heterocycles. The quantitative estimate of drug-likeness (QED) is 0.310. The van der Waals surface area contributed by atoms with Crippen LogP contribution >= 0.6 is 0 Å². The van der Waals surface area contributed by atoms with E-state index in [1.54, 1.807) is 19.1 Å². The molecular weight excluding hydrogens is 493 g/mol. The number of hydrogen-bond acceptors (Lipinski definition) is 5. The third-order valence-corrected chi connectivity index (χ3v) is 8.46. The standard InChI is InChI=1S/C28H40FN3O4S/c1-4-36-27-19-24(12-13-26(27)29)20(3)30-15-14-21-6-7-25(18-21)22-8-10-23(11-9-22)28(33)31-16-17-32-37(34,35)5-2/h8-13,19-21,25,30,32H,4-7,14-18H2,1-3H3,(H,31,33). The minimum Gasteiger partial charge on any atom is -0.491 e. The second kappa shape index (κ2) is 13.9. The number of amides is 1. The van der Waals surface area contributed by atoms with E-state index in [0.29, 0.717) is 29.8 Å². The molecule has 204 valence electrons. The molecule has 37 heavy (non-hydrogen) atoms. The molecule has 1 fully saturated rings. The molecule has 1 amide bonds. The van der Waals surface area contributed by atoms with Gasteiger partial charge in [-0.2, -0.15) is 0 Å². The summed E-state index contributed by atoms with van der Waals surface area (Å²) in [6.07, 6.45) is 4.54. The summed E-state index contributed by atoms with van der Waals surface area (Å²) < 4.78 is 44.5. The van der Waals surface area contributed by atoms with Crippen LogP contribution in [-0.2, 0) is 10.0 Å². The van der Waals surface area contributed by atoms with Gasteiger partial charge in [0, 0.05) is 24.7 Å². The van der Waals surface area contributed by atoms with Gasteiger partial charge in [-0.15, -0.1) is 0 Å². The fourth-order valence-electron chi connectivity index (χ4n) is 4.81. The van der Waals surface area contributed by atoms with Crippen molar-refractivity contribution in [3.05, 3.63) is 65.0 Å². The maximum absolute atomic E-state index is 13.8. The lowest BCUT2D eigenvalue weighted by Crippen LogP contribution is -2.35. The Morgan fingerprint density at radius 1 is 1.08 bits per heavy atom.